The van der Waals surface area contributed by atoms with Crippen molar-refractivity contribution in [1.29, 1.82) is 0 Å². The standard InChI is InChI=1S/C12H22N2O/c1-2-3-11(15)14-8-5-12(6-9-14)4-7-13-10-12/h13H,2-10H2,1H3. The fraction of sp³-hybridized carbons (Fsp3) is 0.917. The number of carbonyl (C=O) groups is 1. The number of nitrogens with zero attached hydrogens (tertiary/aromatic N) is 1. The van der Waals surface area contributed by atoms with Crippen molar-refractivity contribution >= 4 is 5.91 Å². The second kappa shape index (κ2) is 4.52. The van der Waals surface area contributed by atoms with E-state index in [4.69, 9.17) is 0 Å². The van der Waals surface area contributed by atoms with E-state index in [0.29, 0.717) is 11.3 Å². The predicted octanol–water partition coefficient (Wildman–Crippen LogP) is 1.39. The Kier molecular flexibility index (Phi) is 3.29. The zero-order valence-electron chi connectivity index (χ0n) is 9.72. The minimum Gasteiger partial charge on any atom is -0.343 e. The van der Waals surface area contributed by atoms with Gasteiger partial charge in [-0.05, 0) is 37.6 Å². The van der Waals surface area contributed by atoms with Gasteiger partial charge in [0.15, 0.2) is 0 Å². The molecular formula is C12H22N2O. The summed E-state index contributed by atoms with van der Waals surface area (Å²) in [7, 11) is 0. The Morgan fingerprint density at radius 3 is 2.60 bits per heavy atom. The van der Waals surface area contributed by atoms with Crippen molar-refractivity contribution in [1.82, 2.24) is 10.2 Å². The van der Waals surface area contributed by atoms with Crippen LogP contribution in [0.4, 0.5) is 0 Å². The normalized spacial score (nSPS) is 24.7. The molecule has 0 aliphatic carbocycles. The molecule has 2 rings (SSSR count). The highest BCUT2D eigenvalue weighted by Crippen LogP contribution is 2.36. The van der Waals surface area contributed by atoms with Crippen molar-refractivity contribution in [3.8, 4) is 0 Å². The quantitative estimate of drug-likeness (QED) is 0.747. The molecule has 2 saturated heterocycles. The molecule has 3 nitrogen and oxygen atoms in total. The third kappa shape index (κ3) is 2.33. The summed E-state index contributed by atoms with van der Waals surface area (Å²) in [6, 6.07) is 0. The molecule has 0 radical (unpaired) electrons. The van der Waals surface area contributed by atoms with Crippen LogP contribution >= 0.6 is 0 Å². The second-order valence-corrected chi connectivity index (χ2v) is 5.06. The van der Waals surface area contributed by atoms with Gasteiger partial charge in [-0.15, -0.1) is 0 Å². The molecule has 0 aromatic heterocycles. The van der Waals surface area contributed by atoms with Crippen molar-refractivity contribution < 1.29 is 4.79 Å². The molecule has 86 valence electrons. The number of amides is 1. The Labute approximate surface area is 92.2 Å². The van der Waals surface area contributed by atoms with Crippen LogP contribution in [0.1, 0.15) is 39.0 Å². The minimum atomic E-state index is 0.360. The maximum absolute atomic E-state index is 11.7. The van der Waals surface area contributed by atoms with Crippen LogP contribution in [-0.2, 0) is 4.79 Å². The summed E-state index contributed by atoms with van der Waals surface area (Å²) in [6.07, 6.45) is 5.42. The molecule has 0 bridgehead atoms. The van der Waals surface area contributed by atoms with Gasteiger partial charge in [0.1, 0.15) is 0 Å². The van der Waals surface area contributed by atoms with Gasteiger partial charge in [0, 0.05) is 26.1 Å². The minimum absolute atomic E-state index is 0.360. The summed E-state index contributed by atoms with van der Waals surface area (Å²) in [6.45, 7) is 6.39. The summed E-state index contributed by atoms with van der Waals surface area (Å²) >= 11 is 0. The van der Waals surface area contributed by atoms with Crippen molar-refractivity contribution in [3.05, 3.63) is 0 Å². The van der Waals surface area contributed by atoms with E-state index in [1.165, 1.54) is 32.4 Å². The molecule has 0 aromatic carbocycles. The molecule has 1 amide bonds. The smallest absolute Gasteiger partial charge is 0.222 e. The highest BCUT2D eigenvalue weighted by atomic mass is 16.2. The van der Waals surface area contributed by atoms with Crippen LogP contribution in [0, 0.1) is 5.41 Å². The van der Waals surface area contributed by atoms with Gasteiger partial charge >= 0.3 is 0 Å². The Bertz CT molecular complexity index is 224. The average molecular weight is 210 g/mol. The molecule has 0 aromatic rings. The van der Waals surface area contributed by atoms with Crippen LogP contribution in [0.2, 0.25) is 0 Å². The number of rotatable bonds is 2. The van der Waals surface area contributed by atoms with Crippen LogP contribution < -0.4 is 5.32 Å². The van der Waals surface area contributed by atoms with Crippen LogP contribution in [-0.4, -0.2) is 37.0 Å². The monoisotopic (exact) mass is 210 g/mol. The van der Waals surface area contributed by atoms with E-state index >= 15 is 0 Å². The van der Waals surface area contributed by atoms with Crippen LogP contribution in [0.3, 0.4) is 0 Å². The molecule has 2 heterocycles. The van der Waals surface area contributed by atoms with E-state index in [9.17, 15) is 4.79 Å². The van der Waals surface area contributed by atoms with Gasteiger partial charge in [-0.1, -0.05) is 6.92 Å². The Morgan fingerprint density at radius 1 is 1.33 bits per heavy atom. The van der Waals surface area contributed by atoms with Gasteiger partial charge in [0.25, 0.3) is 0 Å². The highest BCUT2D eigenvalue weighted by molar-refractivity contribution is 5.76. The van der Waals surface area contributed by atoms with Crippen molar-refractivity contribution in [2.24, 2.45) is 5.41 Å². The fourth-order valence-electron chi connectivity index (χ4n) is 2.82. The first-order valence-electron chi connectivity index (χ1n) is 6.24. The zero-order chi connectivity index (χ0) is 10.7. The maximum atomic E-state index is 11.7. The van der Waals surface area contributed by atoms with Crippen LogP contribution in [0.5, 0.6) is 0 Å². The fourth-order valence-corrected chi connectivity index (χ4v) is 2.82. The lowest BCUT2D eigenvalue weighted by Crippen LogP contribution is -2.43. The topological polar surface area (TPSA) is 32.3 Å². The third-order valence-corrected chi connectivity index (χ3v) is 3.97. The maximum Gasteiger partial charge on any atom is 0.222 e. The van der Waals surface area contributed by atoms with Gasteiger partial charge in [-0.25, -0.2) is 0 Å². The lowest BCUT2D eigenvalue weighted by atomic mass is 9.78. The predicted molar refractivity (Wildman–Crippen MR) is 60.6 cm³/mol. The van der Waals surface area contributed by atoms with Crippen LogP contribution in [0.15, 0.2) is 0 Å². The molecular weight excluding hydrogens is 188 g/mol. The van der Waals surface area contributed by atoms with Gasteiger partial charge in [-0.3, -0.25) is 4.79 Å². The molecule has 1 N–H and O–H groups in total. The summed E-state index contributed by atoms with van der Waals surface area (Å²) < 4.78 is 0. The number of carbonyl (C=O) groups excluding carboxylic acids is 1. The lowest BCUT2D eigenvalue weighted by molar-refractivity contribution is -0.133. The first-order chi connectivity index (χ1) is 7.26. The number of likely N-dealkylation sites (tertiary alicyclic amines) is 1. The first-order valence-corrected chi connectivity index (χ1v) is 6.24. The highest BCUT2D eigenvalue weighted by Gasteiger charge is 2.37. The Balaban J connectivity index is 1.83. The molecule has 2 fully saturated rings. The molecule has 2 aliphatic rings. The van der Waals surface area contributed by atoms with Gasteiger partial charge in [0.05, 0.1) is 0 Å². The molecule has 3 heteroatoms. The van der Waals surface area contributed by atoms with Crippen molar-refractivity contribution in [3.63, 3.8) is 0 Å². The lowest BCUT2D eigenvalue weighted by Gasteiger charge is -2.38. The molecule has 15 heavy (non-hydrogen) atoms. The largest absolute Gasteiger partial charge is 0.343 e. The average Bonchev–Trinajstić information content (AvgIpc) is 2.68. The van der Waals surface area contributed by atoms with E-state index in [1.807, 2.05) is 0 Å². The van der Waals surface area contributed by atoms with Crippen molar-refractivity contribution in [2.75, 3.05) is 26.2 Å². The summed E-state index contributed by atoms with van der Waals surface area (Å²) in [4.78, 5) is 13.8. The Hall–Kier alpha value is -0.570. The summed E-state index contributed by atoms with van der Waals surface area (Å²) in [5, 5.41) is 3.45. The molecule has 0 saturated carbocycles. The number of nitrogens with one attached hydrogen (secondary N) is 1. The number of piperidine rings is 1. The third-order valence-electron chi connectivity index (χ3n) is 3.97. The van der Waals surface area contributed by atoms with Gasteiger partial charge in [0.2, 0.25) is 5.91 Å². The zero-order valence-corrected chi connectivity index (χ0v) is 9.72. The summed E-state index contributed by atoms with van der Waals surface area (Å²) in [5.74, 6) is 0.360. The SMILES string of the molecule is CCCC(=O)N1CCC2(CCNC2)CC1. The summed E-state index contributed by atoms with van der Waals surface area (Å²) in [5.41, 5.74) is 0.531. The van der Waals surface area contributed by atoms with Crippen molar-refractivity contribution in [2.45, 2.75) is 39.0 Å². The molecule has 0 unspecified atom stereocenters. The van der Waals surface area contributed by atoms with Gasteiger partial charge < -0.3 is 10.2 Å². The Morgan fingerprint density at radius 2 is 2.07 bits per heavy atom. The van der Waals surface area contributed by atoms with Crippen LogP contribution in [0.25, 0.3) is 0 Å². The molecule has 2 aliphatic heterocycles. The first kappa shape index (κ1) is 10.9. The number of hydrogen-bond donors (Lipinski definition) is 1. The second-order valence-electron chi connectivity index (χ2n) is 5.06. The van der Waals surface area contributed by atoms with E-state index in [0.717, 1.165) is 25.9 Å². The molecule has 0 atom stereocenters. The molecule has 1 spiro atoms. The van der Waals surface area contributed by atoms with E-state index < -0.39 is 0 Å². The van der Waals surface area contributed by atoms with Gasteiger partial charge in [-0.2, -0.15) is 0 Å². The van der Waals surface area contributed by atoms with E-state index in [2.05, 4.69) is 17.1 Å². The van der Waals surface area contributed by atoms with E-state index in [1.54, 1.807) is 0 Å². The number of hydrogen-bond acceptors (Lipinski definition) is 2. The van der Waals surface area contributed by atoms with E-state index in [-0.39, 0.29) is 0 Å².